The molecule has 0 bridgehead atoms. The van der Waals surface area contributed by atoms with E-state index in [0.29, 0.717) is 11.7 Å². The summed E-state index contributed by atoms with van der Waals surface area (Å²) >= 11 is 3.48. The van der Waals surface area contributed by atoms with Gasteiger partial charge in [-0.25, -0.2) is 9.78 Å². The summed E-state index contributed by atoms with van der Waals surface area (Å²) < 4.78 is 6.35. The fourth-order valence-electron chi connectivity index (χ4n) is 2.37. The molecule has 1 aliphatic rings. The van der Waals surface area contributed by atoms with Gasteiger partial charge < -0.3 is 4.74 Å². The second kappa shape index (κ2) is 5.54. The monoisotopic (exact) mass is 362 g/mol. The van der Waals surface area contributed by atoms with E-state index in [1.807, 2.05) is 39.0 Å². The van der Waals surface area contributed by atoms with Gasteiger partial charge in [-0.3, -0.25) is 5.32 Å². The predicted molar refractivity (Wildman–Crippen MR) is 91.3 cm³/mol. The van der Waals surface area contributed by atoms with Crippen LogP contribution in [0.2, 0.25) is 0 Å². The van der Waals surface area contributed by atoms with Crippen LogP contribution in [-0.4, -0.2) is 16.7 Å². The van der Waals surface area contributed by atoms with Gasteiger partial charge in [0.05, 0.1) is 5.52 Å². The van der Waals surface area contributed by atoms with Crippen LogP contribution in [0.4, 0.5) is 10.6 Å². The summed E-state index contributed by atoms with van der Waals surface area (Å²) in [5, 5.41) is 3.89. The molecule has 1 amide bonds. The highest BCUT2D eigenvalue weighted by molar-refractivity contribution is 9.10. The van der Waals surface area contributed by atoms with E-state index in [4.69, 9.17) is 4.74 Å². The van der Waals surface area contributed by atoms with E-state index in [0.717, 1.165) is 33.8 Å². The molecule has 1 heterocycles. The third-order valence-electron chi connectivity index (χ3n) is 3.44. The predicted octanol–water partition coefficient (Wildman–Crippen LogP) is 5.22. The zero-order valence-corrected chi connectivity index (χ0v) is 14.5. The van der Waals surface area contributed by atoms with Crippen molar-refractivity contribution >= 4 is 38.7 Å². The Labute approximate surface area is 138 Å². The van der Waals surface area contributed by atoms with Gasteiger partial charge >= 0.3 is 6.09 Å². The number of carbonyl (C=O) groups is 1. The topological polar surface area (TPSA) is 51.2 Å². The molecule has 116 valence electrons. The largest absolute Gasteiger partial charge is 0.444 e. The number of halogens is 1. The van der Waals surface area contributed by atoms with Gasteiger partial charge in [-0.15, -0.1) is 0 Å². The number of nitrogens with one attached hydrogen (secondary N) is 1. The third-order valence-corrected chi connectivity index (χ3v) is 3.94. The van der Waals surface area contributed by atoms with Gasteiger partial charge in [-0.1, -0.05) is 15.9 Å². The smallest absolute Gasteiger partial charge is 0.413 e. The number of ether oxygens (including phenoxy) is 1. The SMILES string of the molecule is CC(C)(C)OC(=O)Nc1nc2ccc(Br)cc2cc1C1CC1. The molecule has 1 saturated carbocycles. The summed E-state index contributed by atoms with van der Waals surface area (Å²) in [6.07, 6.45) is 1.83. The van der Waals surface area contributed by atoms with Crippen molar-refractivity contribution in [3.8, 4) is 0 Å². The van der Waals surface area contributed by atoms with Crippen molar-refractivity contribution in [2.75, 3.05) is 5.32 Å². The van der Waals surface area contributed by atoms with E-state index in [9.17, 15) is 4.79 Å². The molecule has 0 atom stereocenters. The highest BCUT2D eigenvalue weighted by Gasteiger charge is 2.28. The van der Waals surface area contributed by atoms with Crippen molar-refractivity contribution < 1.29 is 9.53 Å². The van der Waals surface area contributed by atoms with Gasteiger partial charge in [0.1, 0.15) is 11.4 Å². The summed E-state index contributed by atoms with van der Waals surface area (Å²) in [4.78, 5) is 16.6. The molecule has 0 unspecified atom stereocenters. The molecule has 0 saturated heterocycles. The van der Waals surface area contributed by atoms with Crippen LogP contribution in [0.25, 0.3) is 10.9 Å². The molecule has 22 heavy (non-hydrogen) atoms. The van der Waals surface area contributed by atoms with E-state index in [2.05, 4.69) is 32.3 Å². The van der Waals surface area contributed by atoms with Gasteiger partial charge in [0.25, 0.3) is 0 Å². The number of amides is 1. The summed E-state index contributed by atoms with van der Waals surface area (Å²) in [5.41, 5.74) is 1.43. The van der Waals surface area contributed by atoms with Crippen LogP contribution in [0.1, 0.15) is 45.1 Å². The Morgan fingerprint density at radius 1 is 1.32 bits per heavy atom. The lowest BCUT2D eigenvalue weighted by Gasteiger charge is -2.20. The molecule has 0 aliphatic heterocycles. The number of benzene rings is 1. The van der Waals surface area contributed by atoms with Crippen molar-refractivity contribution in [3.05, 3.63) is 34.3 Å². The minimum atomic E-state index is -0.522. The normalized spacial score (nSPS) is 14.9. The van der Waals surface area contributed by atoms with E-state index in [1.165, 1.54) is 0 Å². The Balaban J connectivity index is 1.95. The number of hydrogen-bond acceptors (Lipinski definition) is 3. The highest BCUT2D eigenvalue weighted by Crippen LogP contribution is 2.44. The van der Waals surface area contributed by atoms with Gasteiger partial charge in [-0.05, 0) is 69.4 Å². The number of fused-ring (bicyclic) bond motifs is 1. The number of anilines is 1. The molecule has 1 aromatic carbocycles. The Bertz CT molecular complexity index is 733. The number of nitrogens with zero attached hydrogens (tertiary/aromatic N) is 1. The molecule has 4 nitrogen and oxygen atoms in total. The molecular formula is C17H19BrN2O2. The Morgan fingerprint density at radius 2 is 2.05 bits per heavy atom. The first-order valence-electron chi connectivity index (χ1n) is 7.42. The molecule has 1 N–H and O–H groups in total. The lowest BCUT2D eigenvalue weighted by atomic mass is 10.1. The van der Waals surface area contributed by atoms with Crippen LogP contribution in [0, 0.1) is 0 Å². The summed E-state index contributed by atoms with van der Waals surface area (Å²) in [5.74, 6) is 1.10. The molecule has 5 heteroatoms. The molecule has 1 aliphatic carbocycles. The minimum absolute atomic E-state index is 0.460. The second-order valence-electron chi connectivity index (χ2n) is 6.66. The summed E-state index contributed by atoms with van der Waals surface area (Å²) in [7, 11) is 0. The highest BCUT2D eigenvalue weighted by atomic mass is 79.9. The number of pyridine rings is 1. The van der Waals surface area contributed by atoms with E-state index >= 15 is 0 Å². The van der Waals surface area contributed by atoms with Gasteiger partial charge in [-0.2, -0.15) is 0 Å². The van der Waals surface area contributed by atoms with E-state index in [-0.39, 0.29) is 0 Å². The van der Waals surface area contributed by atoms with Crippen molar-refractivity contribution in [2.45, 2.75) is 45.1 Å². The average molecular weight is 363 g/mol. The molecule has 1 aromatic heterocycles. The molecular weight excluding hydrogens is 344 g/mol. The molecule has 2 aromatic rings. The number of carbonyl (C=O) groups excluding carboxylic acids is 1. The minimum Gasteiger partial charge on any atom is -0.444 e. The Hall–Kier alpha value is -1.62. The number of hydrogen-bond donors (Lipinski definition) is 1. The van der Waals surface area contributed by atoms with Crippen molar-refractivity contribution in [2.24, 2.45) is 0 Å². The lowest BCUT2D eigenvalue weighted by Crippen LogP contribution is -2.27. The Kier molecular flexibility index (Phi) is 3.85. The second-order valence-corrected chi connectivity index (χ2v) is 7.58. The van der Waals surface area contributed by atoms with Crippen LogP contribution >= 0.6 is 15.9 Å². The van der Waals surface area contributed by atoms with E-state index in [1.54, 1.807) is 0 Å². The molecule has 0 spiro atoms. The van der Waals surface area contributed by atoms with E-state index < -0.39 is 11.7 Å². The number of aromatic nitrogens is 1. The summed E-state index contributed by atoms with van der Waals surface area (Å²) in [6, 6.07) is 8.06. The third kappa shape index (κ3) is 3.58. The van der Waals surface area contributed by atoms with Gasteiger partial charge in [0, 0.05) is 9.86 Å². The standard InChI is InChI=1S/C17H19BrN2O2/c1-17(2,3)22-16(21)20-15-13(10-4-5-10)9-11-8-12(18)6-7-14(11)19-15/h6-10H,4-5H2,1-3H3,(H,19,20,21). The van der Waals surface area contributed by atoms with Crippen molar-refractivity contribution in [1.29, 1.82) is 0 Å². The van der Waals surface area contributed by atoms with Crippen LogP contribution in [-0.2, 0) is 4.74 Å². The summed E-state index contributed by atoms with van der Waals surface area (Å²) in [6.45, 7) is 5.54. The fourth-order valence-corrected chi connectivity index (χ4v) is 2.75. The fraction of sp³-hybridized carbons (Fsp3) is 0.412. The van der Waals surface area contributed by atoms with Gasteiger partial charge in [0.2, 0.25) is 0 Å². The molecule has 0 radical (unpaired) electrons. The molecule has 3 rings (SSSR count). The average Bonchev–Trinajstić information content (AvgIpc) is 3.20. The zero-order chi connectivity index (χ0) is 15.9. The van der Waals surface area contributed by atoms with Crippen molar-refractivity contribution in [1.82, 2.24) is 4.98 Å². The first-order valence-corrected chi connectivity index (χ1v) is 8.21. The maximum Gasteiger partial charge on any atom is 0.413 e. The maximum absolute atomic E-state index is 12.0. The maximum atomic E-state index is 12.0. The molecule has 1 fully saturated rings. The first-order chi connectivity index (χ1) is 10.3. The van der Waals surface area contributed by atoms with Crippen LogP contribution in [0.3, 0.4) is 0 Å². The zero-order valence-electron chi connectivity index (χ0n) is 12.9. The van der Waals surface area contributed by atoms with Crippen LogP contribution < -0.4 is 5.32 Å². The van der Waals surface area contributed by atoms with Crippen LogP contribution in [0.5, 0.6) is 0 Å². The first kappa shape index (κ1) is 15.3. The lowest BCUT2D eigenvalue weighted by molar-refractivity contribution is 0.0635. The number of rotatable bonds is 2. The van der Waals surface area contributed by atoms with Crippen molar-refractivity contribution in [3.63, 3.8) is 0 Å². The quantitative estimate of drug-likeness (QED) is 0.796. The van der Waals surface area contributed by atoms with Crippen LogP contribution in [0.15, 0.2) is 28.7 Å². The van der Waals surface area contributed by atoms with Gasteiger partial charge in [0.15, 0.2) is 0 Å². The Morgan fingerprint density at radius 3 is 2.68 bits per heavy atom.